The van der Waals surface area contributed by atoms with Crippen molar-refractivity contribution in [3.8, 4) is 11.5 Å². The van der Waals surface area contributed by atoms with E-state index in [4.69, 9.17) is 9.47 Å². The molecule has 4 rings (SSSR count). The van der Waals surface area contributed by atoms with Crippen molar-refractivity contribution < 1.29 is 17.9 Å². The number of hydrogen-bond donors (Lipinski definition) is 1. The molecule has 0 radical (unpaired) electrons. The molecule has 0 heterocycles. The maximum Gasteiger partial charge on any atom is 0.276 e. The van der Waals surface area contributed by atoms with E-state index in [0.29, 0.717) is 30.3 Å². The Hall–Kier alpha value is -3.84. The lowest BCUT2D eigenvalue weighted by atomic mass is 10.1. The van der Waals surface area contributed by atoms with Gasteiger partial charge in [-0.15, -0.1) is 0 Å². The molecule has 0 aromatic heterocycles. The highest BCUT2D eigenvalue weighted by Crippen LogP contribution is 2.30. The van der Waals surface area contributed by atoms with Crippen molar-refractivity contribution >= 4 is 27.0 Å². The number of fused-ring (bicyclic) bond motifs is 1. The first-order valence-electron chi connectivity index (χ1n) is 10.9. The van der Waals surface area contributed by atoms with Gasteiger partial charge in [0.25, 0.3) is 10.0 Å². The Labute approximate surface area is 199 Å². The third kappa shape index (κ3) is 5.55. The number of nitrogens with one attached hydrogen (secondary N) is 1. The zero-order valence-electron chi connectivity index (χ0n) is 19.1. The monoisotopic (exact) mass is 474 g/mol. The maximum atomic E-state index is 12.4. The Balaban J connectivity index is 1.48. The molecule has 0 amide bonds. The molecule has 0 spiro atoms. The third-order valence-corrected chi connectivity index (χ3v) is 6.49. The van der Waals surface area contributed by atoms with Crippen LogP contribution in [0, 0.1) is 6.92 Å². The summed E-state index contributed by atoms with van der Waals surface area (Å²) < 4.78 is 36.6. The summed E-state index contributed by atoms with van der Waals surface area (Å²) in [6.07, 6.45) is 1.43. The SMILES string of the molecule is CCOc1cc(/C=N\NS(=O)(=O)c2ccc(C)cc2)ccc1OCc1cccc2ccccc12. The maximum absolute atomic E-state index is 12.4. The van der Waals surface area contributed by atoms with Crippen molar-refractivity contribution in [1.29, 1.82) is 0 Å². The summed E-state index contributed by atoms with van der Waals surface area (Å²) in [5, 5.41) is 6.22. The van der Waals surface area contributed by atoms with E-state index in [-0.39, 0.29) is 4.90 Å². The van der Waals surface area contributed by atoms with Crippen LogP contribution in [-0.2, 0) is 16.6 Å². The Morgan fingerprint density at radius 2 is 1.65 bits per heavy atom. The quantitative estimate of drug-likeness (QED) is 0.259. The summed E-state index contributed by atoms with van der Waals surface area (Å²) >= 11 is 0. The van der Waals surface area contributed by atoms with Crippen LogP contribution in [0.3, 0.4) is 0 Å². The number of benzene rings is 4. The predicted molar refractivity (Wildman–Crippen MR) is 135 cm³/mol. The van der Waals surface area contributed by atoms with Crippen LogP contribution in [0.1, 0.15) is 23.6 Å². The van der Waals surface area contributed by atoms with Crippen LogP contribution >= 0.6 is 0 Å². The molecule has 0 aliphatic rings. The van der Waals surface area contributed by atoms with Gasteiger partial charge in [0.1, 0.15) is 6.61 Å². The number of aryl methyl sites for hydroxylation is 1. The summed E-state index contributed by atoms with van der Waals surface area (Å²) in [7, 11) is -3.74. The van der Waals surface area contributed by atoms with Gasteiger partial charge in [-0.05, 0) is 66.1 Å². The first-order chi connectivity index (χ1) is 16.5. The standard InChI is InChI=1S/C27H26N2O4S/c1-3-32-27-17-21(18-28-29-34(30,31)24-14-11-20(2)12-15-24)13-16-26(27)33-19-23-9-6-8-22-7-4-5-10-25(22)23/h4-18,29H,3,19H2,1-2H3/b28-18-. The van der Waals surface area contributed by atoms with E-state index in [0.717, 1.165) is 21.9 Å². The van der Waals surface area contributed by atoms with Gasteiger partial charge >= 0.3 is 0 Å². The zero-order valence-corrected chi connectivity index (χ0v) is 19.9. The number of hydrogen-bond acceptors (Lipinski definition) is 5. The fourth-order valence-corrected chi connectivity index (χ4v) is 4.30. The number of nitrogens with zero attached hydrogens (tertiary/aromatic N) is 1. The van der Waals surface area contributed by atoms with Crippen molar-refractivity contribution in [2.24, 2.45) is 5.10 Å². The second-order valence-corrected chi connectivity index (χ2v) is 9.39. The van der Waals surface area contributed by atoms with Crippen LogP contribution in [0.2, 0.25) is 0 Å². The fraction of sp³-hybridized carbons (Fsp3) is 0.148. The molecule has 1 N–H and O–H groups in total. The van der Waals surface area contributed by atoms with Crippen molar-refractivity contribution in [2.75, 3.05) is 6.61 Å². The summed E-state index contributed by atoms with van der Waals surface area (Å²) in [6.45, 7) is 4.65. The van der Waals surface area contributed by atoms with Crippen LogP contribution in [0.4, 0.5) is 0 Å². The normalized spacial score (nSPS) is 11.6. The molecule has 34 heavy (non-hydrogen) atoms. The van der Waals surface area contributed by atoms with E-state index >= 15 is 0 Å². The van der Waals surface area contributed by atoms with Gasteiger partial charge in [-0.1, -0.05) is 60.2 Å². The van der Waals surface area contributed by atoms with E-state index < -0.39 is 10.0 Å². The molecular formula is C27H26N2O4S. The first kappa shape index (κ1) is 23.3. The molecule has 4 aromatic carbocycles. The summed E-state index contributed by atoms with van der Waals surface area (Å²) in [4.78, 5) is 2.40. The van der Waals surface area contributed by atoms with E-state index in [2.05, 4.69) is 28.1 Å². The molecule has 0 bridgehead atoms. The van der Waals surface area contributed by atoms with Gasteiger partial charge in [0.05, 0.1) is 17.7 Å². The highest BCUT2D eigenvalue weighted by molar-refractivity contribution is 7.89. The Morgan fingerprint density at radius 1 is 0.882 bits per heavy atom. The van der Waals surface area contributed by atoms with Crippen LogP contribution in [-0.4, -0.2) is 21.2 Å². The van der Waals surface area contributed by atoms with Crippen LogP contribution < -0.4 is 14.3 Å². The summed E-state index contributed by atoms with van der Waals surface area (Å²) in [6, 6.07) is 26.2. The van der Waals surface area contributed by atoms with Gasteiger partial charge < -0.3 is 9.47 Å². The third-order valence-electron chi connectivity index (χ3n) is 5.25. The summed E-state index contributed by atoms with van der Waals surface area (Å²) in [5.74, 6) is 1.17. The number of hydrazone groups is 1. The minimum absolute atomic E-state index is 0.155. The molecule has 0 aliphatic heterocycles. The molecule has 4 aromatic rings. The molecule has 0 aliphatic carbocycles. The second-order valence-electron chi connectivity index (χ2n) is 7.73. The van der Waals surface area contributed by atoms with Crippen LogP contribution in [0.15, 0.2) is 94.9 Å². The summed E-state index contributed by atoms with van der Waals surface area (Å²) in [5.41, 5.74) is 2.73. The number of sulfonamides is 1. The van der Waals surface area contributed by atoms with E-state index in [1.165, 1.54) is 6.21 Å². The van der Waals surface area contributed by atoms with Crippen molar-refractivity contribution in [2.45, 2.75) is 25.3 Å². The lowest BCUT2D eigenvalue weighted by molar-refractivity contribution is 0.270. The average molecular weight is 475 g/mol. The molecular weight excluding hydrogens is 448 g/mol. The molecule has 0 saturated heterocycles. The van der Waals surface area contributed by atoms with Gasteiger partial charge in [0.15, 0.2) is 11.5 Å². The predicted octanol–water partition coefficient (Wildman–Crippen LogP) is 5.44. The molecule has 0 saturated carbocycles. The molecule has 0 atom stereocenters. The van der Waals surface area contributed by atoms with Crippen LogP contribution in [0.25, 0.3) is 10.8 Å². The van der Waals surface area contributed by atoms with E-state index in [1.54, 1.807) is 42.5 Å². The van der Waals surface area contributed by atoms with Crippen molar-refractivity contribution in [3.05, 3.63) is 102 Å². The second kappa shape index (κ2) is 10.4. The highest BCUT2D eigenvalue weighted by atomic mass is 32.2. The lowest BCUT2D eigenvalue weighted by Gasteiger charge is -2.13. The van der Waals surface area contributed by atoms with E-state index in [1.807, 2.05) is 38.1 Å². The first-order valence-corrected chi connectivity index (χ1v) is 12.4. The zero-order chi connectivity index (χ0) is 24.0. The molecule has 174 valence electrons. The Bertz CT molecular complexity index is 1410. The molecule has 7 heteroatoms. The van der Waals surface area contributed by atoms with Gasteiger partial charge in [-0.3, -0.25) is 0 Å². The van der Waals surface area contributed by atoms with Crippen molar-refractivity contribution in [3.63, 3.8) is 0 Å². The molecule has 0 fully saturated rings. The average Bonchev–Trinajstić information content (AvgIpc) is 2.84. The minimum atomic E-state index is -3.74. The molecule has 0 unspecified atom stereocenters. The Morgan fingerprint density at radius 3 is 2.44 bits per heavy atom. The van der Waals surface area contributed by atoms with Gasteiger partial charge in [-0.25, -0.2) is 4.83 Å². The molecule has 6 nitrogen and oxygen atoms in total. The number of ether oxygens (including phenoxy) is 2. The largest absolute Gasteiger partial charge is 0.490 e. The minimum Gasteiger partial charge on any atom is -0.490 e. The van der Waals surface area contributed by atoms with Gasteiger partial charge in [-0.2, -0.15) is 13.5 Å². The highest BCUT2D eigenvalue weighted by Gasteiger charge is 2.12. The fourth-order valence-electron chi connectivity index (χ4n) is 3.51. The Kier molecular flexibility index (Phi) is 7.13. The number of rotatable bonds is 9. The van der Waals surface area contributed by atoms with Gasteiger partial charge in [0.2, 0.25) is 0 Å². The smallest absolute Gasteiger partial charge is 0.276 e. The van der Waals surface area contributed by atoms with E-state index in [9.17, 15) is 8.42 Å². The van der Waals surface area contributed by atoms with Gasteiger partial charge in [0, 0.05) is 0 Å². The topological polar surface area (TPSA) is 77.0 Å². The van der Waals surface area contributed by atoms with Crippen molar-refractivity contribution in [1.82, 2.24) is 4.83 Å². The lowest BCUT2D eigenvalue weighted by Crippen LogP contribution is -2.18. The van der Waals surface area contributed by atoms with Crippen LogP contribution in [0.5, 0.6) is 11.5 Å².